The fourth-order valence-corrected chi connectivity index (χ4v) is 2.78. The number of carbonyl (C=O) groups is 1. The largest absolute Gasteiger partial charge is 0.465 e. The summed E-state index contributed by atoms with van der Waals surface area (Å²) in [5.74, 6) is 0.476. The highest BCUT2D eigenvalue weighted by atomic mass is 16.5. The highest BCUT2D eigenvalue weighted by Crippen LogP contribution is 2.32. The van der Waals surface area contributed by atoms with Crippen LogP contribution < -0.4 is 5.73 Å². The Hall–Kier alpha value is -0.610. The number of carbonyl (C=O) groups excluding carboxylic acids is 1. The maximum absolute atomic E-state index is 12.2. The molecule has 0 bridgehead atoms. The monoisotopic (exact) mass is 241 g/mol. The van der Waals surface area contributed by atoms with E-state index in [4.69, 9.17) is 15.2 Å². The molecule has 0 aromatic rings. The topological polar surface area (TPSA) is 61.6 Å². The summed E-state index contributed by atoms with van der Waals surface area (Å²) in [6.07, 6.45) is 6.36. The van der Waals surface area contributed by atoms with Gasteiger partial charge in [0.25, 0.3) is 0 Å². The fraction of sp³-hybridized carbons (Fsp3) is 0.923. The third-order valence-corrected chi connectivity index (χ3v) is 4.20. The first kappa shape index (κ1) is 12.8. The zero-order valence-corrected chi connectivity index (χ0v) is 10.5. The lowest BCUT2D eigenvalue weighted by Gasteiger charge is -2.33. The number of hydrogen-bond acceptors (Lipinski definition) is 4. The van der Waals surface area contributed by atoms with E-state index >= 15 is 0 Å². The Morgan fingerprint density at radius 1 is 1.29 bits per heavy atom. The Morgan fingerprint density at radius 3 is 2.53 bits per heavy atom. The van der Waals surface area contributed by atoms with Crippen LogP contribution >= 0.6 is 0 Å². The highest BCUT2D eigenvalue weighted by Gasteiger charge is 2.40. The van der Waals surface area contributed by atoms with Crippen molar-refractivity contribution >= 4 is 5.97 Å². The van der Waals surface area contributed by atoms with E-state index < -0.39 is 5.41 Å². The van der Waals surface area contributed by atoms with Crippen molar-refractivity contribution in [1.29, 1.82) is 0 Å². The number of esters is 1. The van der Waals surface area contributed by atoms with Gasteiger partial charge in [-0.1, -0.05) is 12.8 Å². The van der Waals surface area contributed by atoms with E-state index in [0.717, 1.165) is 0 Å². The molecule has 4 nitrogen and oxygen atoms in total. The molecule has 0 radical (unpaired) electrons. The zero-order chi connectivity index (χ0) is 12.1. The minimum absolute atomic E-state index is 0.102. The van der Waals surface area contributed by atoms with Gasteiger partial charge in [0.1, 0.15) is 0 Å². The lowest BCUT2D eigenvalue weighted by atomic mass is 9.80. The molecule has 1 saturated carbocycles. The minimum Gasteiger partial charge on any atom is -0.465 e. The van der Waals surface area contributed by atoms with Gasteiger partial charge < -0.3 is 15.2 Å². The Morgan fingerprint density at radius 2 is 1.94 bits per heavy atom. The molecule has 1 aliphatic carbocycles. The summed E-state index contributed by atoms with van der Waals surface area (Å²) in [6.45, 7) is 2.20. The van der Waals surface area contributed by atoms with Gasteiger partial charge in [-0.25, -0.2) is 0 Å². The van der Waals surface area contributed by atoms with Crippen LogP contribution in [0.1, 0.15) is 38.5 Å². The molecule has 17 heavy (non-hydrogen) atoms. The molecule has 0 atom stereocenters. The van der Waals surface area contributed by atoms with Crippen LogP contribution in [0.2, 0.25) is 0 Å². The van der Waals surface area contributed by atoms with Gasteiger partial charge in [0, 0.05) is 19.8 Å². The van der Waals surface area contributed by atoms with Crippen LogP contribution in [-0.4, -0.2) is 32.3 Å². The van der Waals surface area contributed by atoms with Crippen molar-refractivity contribution in [3.8, 4) is 0 Å². The maximum Gasteiger partial charge on any atom is 0.313 e. The normalized spacial score (nSPS) is 24.8. The molecule has 0 amide bonds. The van der Waals surface area contributed by atoms with Crippen LogP contribution in [0.25, 0.3) is 0 Å². The smallest absolute Gasteiger partial charge is 0.313 e. The van der Waals surface area contributed by atoms with Gasteiger partial charge in [0.15, 0.2) is 0 Å². The fourth-order valence-electron chi connectivity index (χ4n) is 2.78. The molecule has 0 spiro atoms. The number of rotatable bonds is 4. The van der Waals surface area contributed by atoms with E-state index in [0.29, 0.717) is 45.1 Å². The predicted octanol–water partition coefficient (Wildman–Crippen LogP) is 1.48. The van der Waals surface area contributed by atoms with Crippen molar-refractivity contribution in [2.24, 2.45) is 17.1 Å². The highest BCUT2D eigenvalue weighted by molar-refractivity contribution is 5.77. The van der Waals surface area contributed by atoms with Crippen molar-refractivity contribution in [1.82, 2.24) is 0 Å². The van der Waals surface area contributed by atoms with Gasteiger partial charge in [-0.2, -0.15) is 0 Å². The summed E-state index contributed by atoms with van der Waals surface area (Å²) >= 11 is 0. The summed E-state index contributed by atoms with van der Waals surface area (Å²) in [6, 6.07) is 0. The minimum atomic E-state index is -0.475. The summed E-state index contributed by atoms with van der Waals surface area (Å²) in [5.41, 5.74) is 5.29. The van der Waals surface area contributed by atoms with Crippen LogP contribution in [0.4, 0.5) is 0 Å². The summed E-state index contributed by atoms with van der Waals surface area (Å²) in [4.78, 5) is 12.2. The SMILES string of the molecule is NCC1(C(=O)OCC2CCCC2)CCOCC1. The molecule has 0 aromatic heterocycles. The number of nitrogens with two attached hydrogens (primary N) is 1. The lowest BCUT2D eigenvalue weighted by molar-refractivity contribution is -0.162. The first-order valence-electron chi connectivity index (χ1n) is 6.72. The van der Waals surface area contributed by atoms with Gasteiger partial charge in [0.2, 0.25) is 0 Å². The zero-order valence-electron chi connectivity index (χ0n) is 10.5. The van der Waals surface area contributed by atoms with Crippen molar-refractivity contribution in [3.05, 3.63) is 0 Å². The molecule has 2 N–H and O–H groups in total. The van der Waals surface area contributed by atoms with Crippen molar-refractivity contribution in [2.45, 2.75) is 38.5 Å². The first-order valence-corrected chi connectivity index (χ1v) is 6.72. The van der Waals surface area contributed by atoms with Crippen LogP contribution in [0.5, 0.6) is 0 Å². The molecule has 2 aliphatic rings. The predicted molar refractivity (Wildman–Crippen MR) is 64.5 cm³/mol. The second-order valence-electron chi connectivity index (χ2n) is 5.35. The van der Waals surface area contributed by atoms with Gasteiger partial charge in [0.05, 0.1) is 12.0 Å². The average molecular weight is 241 g/mol. The van der Waals surface area contributed by atoms with Crippen LogP contribution in [0, 0.1) is 11.3 Å². The van der Waals surface area contributed by atoms with E-state index in [-0.39, 0.29) is 5.97 Å². The van der Waals surface area contributed by atoms with Crippen molar-refractivity contribution < 1.29 is 14.3 Å². The maximum atomic E-state index is 12.2. The third-order valence-electron chi connectivity index (χ3n) is 4.20. The summed E-state index contributed by atoms with van der Waals surface area (Å²) < 4.78 is 10.8. The van der Waals surface area contributed by atoms with E-state index in [9.17, 15) is 4.79 Å². The molecule has 98 valence electrons. The lowest BCUT2D eigenvalue weighted by Crippen LogP contribution is -2.44. The first-order chi connectivity index (χ1) is 8.27. The molecule has 1 heterocycles. The van der Waals surface area contributed by atoms with Crippen molar-refractivity contribution in [2.75, 3.05) is 26.4 Å². The van der Waals surface area contributed by atoms with Crippen LogP contribution in [-0.2, 0) is 14.3 Å². The molecule has 2 fully saturated rings. The molecule has 0 unspecified atom stereocenters. The quantitative estimate of drug-likeness (QED) is 0.757. The number of ether oxygens (including phenoxy) is 2. The van der Waals surface area contributed by atoms with Crippen molar-refractivity contribution in [3.63, 3.8) is 0 Å². The average Bonchev–Trinajstić information content (AvgIpc) is 2.90. The second kappa shape index (κ2) is 5.83. The molecule has 1 aliphatic heterocycles. The van der Waals surface area contributed by atoms with Gasteiger partial charge >= 0.3 is 5.97 Å². The Bertz CT molecular complexity index is 255. The van der Waals surface area contributed by atoms with Crippen LogP contribution in [0.3, 0.4) is 0 Å². The van der Waals surface area contributed by atoms with Crippen LogP contribution in [0.15, 0.2) is 0 Å². The Labute approximate surface area is 103 Å². The number of hydrogen-bond donors (Lipinski definition) is 1. The molecule has 2 rings (SSSR count). The molecular formula is C13H23NO3. The summed E-state index contributed by atoms with van der Waals surface area (Å²) in [5, 5.41) is 0. The second-order valence-corrected chi connectivity index (χ2v) is 5.35. The molecular weight excluding hydrogens is 218 g/mol. The van der Waals surface area contributed by atoms with E-state index in [2.05, 4.69) is 0 Å². The van der Waals surface area contributed by atoms with Gasteiger partial charge in [-0.15, -0.1) is 0 Å². The molecule has 4 heteroatoms. The Kier molecular flexibility index (Phi) is 4.40. The van der Waals surface area contributed by atoms with Gasteiger partial charge in [-0.3, -0.25) is 4.79 Å². The third kappa shape index (κ3) is 2.99. The molecule has 1 saturated heterocycles. The van der Waals surface area contributed by atoms with E-state index in [1.54, 1.807) is 0 Å². The van der Waals surface area contributed by atoms with E-state index in [1.807, 2.05) is 0 Å². The Balaban J connectivity index is 1.83. The van der Waals surface area contributed by atoms with Gasteiger partial charge in [-0.05, 0) is 31.6 Å². The van der Waals surface area contributed by atoms with E-state index in [1.165, 1.54) is 25.7 Å². The summed E-state index contributed by atoms with van der Waals surface area (Å²) in [7, 11) is 0. The standard InChI is InChI=1S/C13H23NO3/c14-10-13(5-7-16-8-6-13)12(15)17-9-11-3-1-2-4-11/h11H,1-10,14H2. The molecule has 0 aromatic carbocycles.